The molecule has 0 atom stereocenters. The van der Waals surface area contributed by atoms with Gasteiger partial charge in [-0.25, -0.2) is 4.39 Å². The quantitative estimate of drug-likeness (QED) is 0.902. The van der Waals surface area contributed by atoms with Crippen molar-refractivity contribution in [3.8, 4) is 11.5 Å². The summed E-state index contributed by atoms with van der Waals surface area (Å²) in [6.45, 7) is 0.679. The van der Waals surface area contributed by atoms with Gasteiger partial charge in [0, 0.05) is 11.6 Å². The summed E-state index contributed by atoms with van der Waals surface area (Å²) < 4.78 is 18.9. The highest BCUT2D eigenvalue weighted by Crippen LogP contribution is 2.28. The summed E-state index contributed by atoms with van der Waals surface area (Å²) in [6.07, 6.45) is 0. The monoisotopic (exact) mass is 265 g/mol. The molecule has 2 aromatic carbocycles. The van der Waals surface area contributed by atoms with E-state index >= 15 is 0 Å². The van der Waals surface area contributed by atoms with Crippen molar-refractivity contribution in [2.24, 2.45) is 0 Å². The van der Waals surface area contributed by atoms with Gasteiger partial charge in [0.05, 0.1) is 0 Å². The molecule has 2 rings (SSSR count). The van der Waals surface area contributed by atoms with Crippen LogP contribution in [0.15, 0.2) is 42.5 Å². The average molecular weight is 266 g/mol. The minimum absolute atomic E-state index is 0.190. The molecule has 0 amide bonds. The fourth-order valence-corrected chi connectivity index (χ4v) is 1.82. The Bertz CT molecular complexity index is 545. The number of rotatable bonds is 4. The molecule has 0 heterocycles. The van der Waals surface area contributed by atoms with Crippen molar-refractivity contribution in [3.05, 3.63) is 58.9 Å². The molecular formula is C14H13ClFNO. The van der Waals surface area contributed by atoms with E-state index in [1.165, 1.54) is 6.07 Å². The lowest BCUT2D eigenvalue weighted by Gasteiger charge is -2.09. The Morgan fingerprint density at radius 1 is 1.22 bits per heavy atom. The second kappa shape index (κ2) is 5.85. The van der Waals surface area contributed by atoms with Crippen molar-refractivity contribution in [2.45, 2.75) is 6.54 Å². The topological polar surface area (TPSA) is 21.3 Å². The van der Waals surface area contributed by atoms with Gasteiger partial charge < -0.3 is 10.1 Å². The van der Waals surface area contributed by atoms with Crippen LogP contribution in [0.1, 0.15) is 5.56 Å². The predicted molar refractivity (Wildman–Crippen MR) is 70.7 cm³/mol. The van der Waals surface area contributed by atoms with Gasteiger partial charge >= 0.3 is 0 Å². The van der Waals surface area contributed by atoms with Crippen LogP contribution in [0.25, 0.3) is 0 Å². The van der Waals surface area contributed by atoms with Crippen molar-refractivity contribution in [2.75, 3.05) is 7.05 Å². The molecule has 0 spiro atoms. The van der Waals surface area contributed by atoms with Crippen LogP contribution < -0.4 is 10.1 Å². The molecule has 94 valence electrons. The lowest BCUT2D eigenvalue weighted by Crippen LogP contribution is -2.05. The van der Waals surface area contributed by atoms with Crippen LogP contribution in [0, 0.1) is 5.82 Å². The Balaban J connectivity index is 2.20. The summed E-state index contributed by atoms with van der Waals surface area (Å²) in [5, 5.41) is 3.61. The van der Waals surface area contributed by atoms with Crippen molar-refractivity contribution in [3.63, 3.8) is 0 Å². The van der Waals surface area contributed by atoms with E-state index in [-0.39, 0.29) is 5.75 Å². The zero-order chi connectivity index (χ0) is 13.0. The van der Waals surface area contributed by atoms with E-state index in [9.17, 15) is 4.39 Å². The zero-order valence-electron chi connectivity index (χ0n) is 9.91. The number of benzene rings is 2. The molecule has 0 bridgehead atoms. The van der Waals surface area contributed by atoms with E-state index in [1.807, 2.05) is 13.1 Å². The van der Waals surface area contributed by atoms with Crippen LogP contribution in [0.4, 0.5) is 4.39 Å². The van der Waals surface area contributed by atoms with E-state index in [1.54, 1.807) is 30.3 Å². The second-order valence-corrected chi connectivity index (χ2v) is 4.22. The predicted octanol–water partition coefficient (Wildman–Crippen LogP) is 3.99. The Labute approximate surface area is 110 Å². The minimum atomic E-state index is -0.395. The standard InChI is InChI=1S/C14H13ClFNO/c1-17-9-10-6-7-11(8-12(10)15)18-14-5-3-2-4-13(14)16/h2-8,17H,9H2,1H3. The van der Waals surface area contributed by atoms with Crippen LogP contribution >= 0.6 is 11.6 Å². The van der Waals surface area contributed by atoms with Gasteiger partial charge in [-0.2, -0.15) is 0 Å². The number of halogens is 2. The molecule has 0 aromatic heterocycles. The fraction of sp³-hybridized carbons (Fsp3) is 0.143. The molecule has 0 aliphatic rings. The third-order valence-corrected chi connectivity index (χ3v) is 2.81. The fourth-order valence-electron chi connectivity index (χ4n) is 1.58. The van der Waals surface area contributed by atoms with E-state index in [2.05, 4.69) is 5.32 Å². The first-order valence-corrected chi connectivity index (χ1v) is 5.94. The van der Waals surface area contributed by atoms with Crippen LogP contribution in [0.2, 0.25) is 5.02 Å². The average Bonchev–Trinajstić information content (AvgIpc) is 2.36. The molecule has 1 N–H and O–H groups in total. The Kier molecular flexibility index (Phi) is 4.18. The Hall–Kier alpha value is -1.58. The van der Waals surface area contributed by atoms with Gasteiger partial charge in [0.25, 0.3) is 0 Å². The SMILES string of the molecule is CNCc1ccc(Oc2ccccc2F)cc1Cl. The third-order valence-electron chi connectivity index (χ3n) is 2.46. The van der Waals surface area contributed by atoms with E-state index in [4.69, 9.17) is 16.3 Å². The maximum atomic E-state index is 13.4. The number of para-hydroxylation sites is 1. The van der Waals surface area contributed by atoms with Gasteiger partial charge in [-0.1, -0.05) is 29.8 Å². The molecular weight excluding hydrogens is 253 g/mol. The van der Waals surface area contributed by atoms with E-state index in [0.29, 0.717) is 17.3 Å². The molecule has 4 heteroatoms. The first-order valence-electron chi connectivity index (χ1n) is 5.56. The largest absolute Gasteiger partial charge is 0.454 e. The lowest BCUT2D eigenvalue weighted by atomic mass is 10.2. The normalized spacial score (nSPS) is 10.4. The van der Waals surface area contributed by atoms with Gasteiger partial charge in [0.2, 0.25) is 0 Å². The summed E-state index contributed by atoms with van der Waals surface area (Å²) in [5.41, 5.74) is 0.972. The highest BCUT2D eigenvalue weighted by atomic mass is 35.5. The maximum absolute atomic E-state index is 13.4. The summed E-state index contributed by atoms with van der Waals surface area (Å²) >= 11 is 6.10. The van der Waals surface area contributed by atoms with Gasteiger partial charge in [0.15, 0.2) is 11.6 Å². The summed E-state index contributed by atoms with van der Waals surface area (Å²) in [4.78, 5) is 0. The highest BCUT2D eigenvalue weighted by molar-refractivity contribution is 6.31. The first-order chi connectivity index (χ1) is 8.70. The van der Waals surface area contributed by atoms with E-state index in [0.717, 1.165) is 5.56 Å². The summed E-state index contributed by atoms with van der Waals surface area (Å²) in [5.74, 6) is 0.313. The van der Waals surface area contributed by atoms with Crippen molar-refractivity contribution in [1.82, 2.24) is 5.32 Å². The molecule has 0 fully saturated rings. The molecule has 0 saturated carbocycles. The van der Waals surface area contributed by atoms with Gasteiger partial charge in [-0.3, -0.25) is 0 Å². The highest BCUT2D eigenvalue weighted by Gasteiger charge is 2.06. The first kappa shape index (κ1) is 12.9. The molecule has 0 saturated heterocycles. The van der Waals surface area contributed by atoms with Gasteiger partial charge in [0.1, 0.15) is 5.75 Å². The number of hydrogen-bond donors (Lipinski definition) is 1. The second-order valence-electron chi connectivity index (χ2n) is 3.82. The van der Waals surface area contributed by atoms with Crippen molar-refractivity contribution < 1.29 is 9.13 Å². The molecule has 0 aliphatic heterocycles. The van der Waals surface area contributed by atoms with E-state index < -0.39 is 5.82 Å². The van der Waals surface area contributed by atoms with Gasteiger partial charge in [-0.05, 0) is 36.9 Å². The number of ether oxygens (including phenoxy) is 1. The Morgan fingerprint density at radius 2 is 2.00 bits per heavy atom. The number of hydrogen-bond acceptors (Lipinski definition) is 2. The molecule has 0 radical (unpaired) electrons. The maximum Gasteiger partial charge on any atom is 0.165 e. The summed E-state index contributed by atoms with van der Waals surface area (Å²) in [6, 6.07) is 11.6. The molecule has 0 aliphatic carbocycles. The third kappa shape index (κ3) is 3.00. The summed E-state index contributed by atoms with van der Waals surface area (Å²) in [7, 11) is 1.85. The molecule has 2 aromatic rings. The Morgan fingerprint density at radius 3 is 2.67 bits per heavy atom. The molecule has 0 unspecified atom stereocenters. The lowest BCUT2D eigenvalue weighted by molar-refractivity contribution is 0.442. The molecule has 2 nitrogen and oxygen atoms in total. The van der Waals surface area contributed by atoms with Crippen LogP contribution in [-0.2, 0) is 6.54 Å². The zero-order valence-corrected chi connectivity index (χ0v) is 10.7. The van der Waals surface area contributed by atoms with Crippen molar-refractivity contribution >= 4 is 11.6 Å². The molecule has 18 heavy (non-hydrogen) atoms. The van der Waals surface area contributed by atoms with Crippen LogP contribution in [0.5, 0.6) is 11.5 Å². The van der Waals surface area contributed by atoms with Gasteiger partial charge in [-0.15, -0.1) is 0 Å². The van der Waals surface area contributed by atoms with Crippen molar-refractivity contribution in [1.29, 1.82) is 0 Å². The number of nitrogens with one attached hydrogen (secondary N) is 1. The minimum Gasteiger partial charge on any atom is -0.454 e. The van der Waals surface area contributed by atoms with Crippen LogP contribution in [0.3, 0.4) is 0 Å². The smallest absolute Gasteiger partial charge is 0.165 e. The van der Waals surface area contributed by atoms with Crippen LogP contribution in [-0.4, -0.2) is 7.05 Å².